The third-order valence-corrected chi connectivity index (χ3v) is 13.2. The van der Waals surface area contributed by atoms with E-state index in [1.807, 2.05) is 0 Å². The maximum Gasteiger partial charge on any atom is 0.308 e. The molecule has 0 radical (unpaired) electrons. The lowest BCUT2D eigenvalue weighted by Crippen LogP contribution is -2.42. The second kappa shape index (κ2) is 48.6. The molecular formula is C59H106O8. The molecule has 1 aliphatic heterocycles. The summed E-state index contributed by atoms with van der Waals surface area (Å²) in [6.45, 7) is 6.30. The Hall–Kier alpha value is -2.45. The van der Waals surface area contributed by atoms with Gasteiger partial charge < -0.3 is 24.1 Å². The minimum absolute atomic E-state index is 0.212. The fourth-order valence-corrected chi connectivity index (χ4v) is 8.83. The van der Waals surface area contributed by atoms with Crippen molar-refractivity contribution in [1.82, 2.24) is 0 Å². The van der Waals surface area contributed by atoms with Gasteiger partial charge in [0.1, 0.15) is 6.10 Å². The van der Waals surface area contributed by atoms with Crippen molar-refractivity contribution in [2.45, 2.75) is 315 Å². The van der Waals surface area contributed by atoms with E-state index >= 15 is 0 Å². The maximum atomic E-state index is 13.2. The second-order valence-electron chi connectivity index (χ2n) is 19.6. The van der Waals surface area contributed by atoms with Gasteiger partial charge in [-0.15, -0.1) is 0 Å². The average Bonchev–Trinajstić information content (AvgIpc) is 3.63. The van der Waals surface area contributed by atoms with E-state index in [1.165, 1.54) is 135 Å². The monoisotopic (exact) mass is 943 g/mol. The largest absolute Gasteiger partial charge is 0.455 e. The standard InChI is InChI=1S/C59H106O8/c1-4-7-10-13-16-19-22-25-28-31-34-37-40-43-46-49-54(61)65-57-53(52-60)64-59(67-56(63)51-48-45-42-39-36-33-30-27-24-21-18-15-12-9-6-3)58(57)66-55(62)50-47-44-41-38-35-32-29-26-23-20-17-14-11-8-5-2/h25-30,53,57-60H,4-24,31-52H2,1-3H3/b28-25-,29-26-,30-27-/t53-,57+,58?,59+/m1/s1. The lowest BCUT2D eigenvalue weighted by molar-refractivity contribution is -0.199. The van der Waals surface area contributed by atoms with Gasteiger partial charge in [0, 0.05) is 19.3 Å². The number of hydrogen-bond acceptors (Lipinski definition) is 8. The van der Waals surface area contributed by atoms with Crippen LogP contribution in [0.25, 0.3) is 0 Å². The predicted octanol–water partition coefficient (Wildman–Crippen LogP) is 17.2. The van der Waals surface area contributed by atoms with Crippen LogP contribution in [-0.2, 0) is 33.3 Å². The van der Waals surface area contributed by atoms with Crippen LogP contribution in [-0.4, -0.2) is 54.2 Å². The summed E-state index contributed by atoms with van der Waals surface area (Å²) in [5.41, 5.74) is 0. The third kappa shape index (κ3) is 39.0. The fraction of sp³-hybridized carbons (Fsp3) is 0.847. The van der Waals surface area contributed by atoms with Crippen LogP contribution in [0.2, 0.25) is 0 Å². The van der Waals surface area contributed by atoms with Crippen LogP contribution in [0.4, 0.5) is 0 Å². The van der Waals surface area contributed by atoms with E-state index in [0.717, 1.165) is 96.3 Å². The zero-order valence-corrected chi connectivity index (χ0v) is 44.0. The van der Waals surface area contributed by atoms with Gasteiger partial charge in [0.25, 0.3) is 0 Å². The zero-order valence-electron chi connectivity index (χ0n) is 44.0. The maximum absolute atomic E-state index is 13.2. The topological polar surface area (TPSA) is 108 Å². The average molecular weight is 943 g/mol. The van der Waals surface area contributed by atoms with Gasteiger partial charge in [0.05, 0.1) is 6.61 Å². The number of aliphatic hydroxyl groups excluding tert-OH is 1. The van der Waals surface area contributed by atoms with Gasteiger partial charge >= 0.3 is 17.9 Å². The summed E-state index contributed by atoms with van der Waals surface area (Å²) in [6.07, 6.45) is 55.7. The van der Waals surface area contributed by atoms with Gasteiger partial charge in [-0.05, 0) is 96.3 Å². The van der Waals surface area contributed by atoms with E-state index < -0.39 is 49.1 Å². The van der Waals surface area contributed by atoms with Crippen molar-refractivity contribution in [2.24, 2.45) is 0 Å². The van der Waals surface area contributed by atoms with Crippen LogP contribution in [0.1, 0.15) is 290 Å². The Bertz CT molecular complexity index is 1210. The van der Waals surface area contributed by atoms with Gasteiger partial charge in [-0.2, -0.15) is 0 Å². The van der Waals surface area contributed by atoms with Gasteiger partial charge in [-0.1, -0.05) is 211 Å². The number of carbonyl (C=O) groups excluding carboxylic acids is 3. The van der Waals surface area contributed by atoms with Crippen molar-refractivity contribution >= 4 is 17.9 Å². The molecule has 1 aliphatic rings. The summed E-state index contributed by atoms with van der Waals surface area (Å²) in [5.74, 6) is -1.32. The highest BCUT2D eigenvalue weighted by molar-refractivity contribution is 5.71. The highest BCUT2D eigenvalue weighted by Crippen LogP contribution is 2.30. The molecule has 0 spiro atoms. The van der Waals surface area contributed by atoms with E-state index in [0.29, 0.717) is 19.3 Å². The number of hydrogen-bond donors (Lipinski definition) is 1. The minimum Gasteiger partial charge on any atom is -0.455 e. The molecule has 0 aliphatic carbocycles. The van der Waals surface area contributed by atoms with Crippen LogP contribution < -0.4 is 0 Å². The third-order valence-electron chi connectivity index (χ3n) is 13.2. The van der Waals surface area contributed by atoms with Crippen LogP contribution in [0.15, 0.2) is 36.5 Å². The number of ether oxygens (including phenoxy) is 4. The molecule has 0 aromatic rings. The smallest absolute Gasteiger partial charge is 0.308 e. The molecule has 0 aromatic carbocycles. The molecule has 4 atom stereocenters. The van der Waals surface area contributed by atoms with E-state index in [4.69, 9.17) is 18.9 Å². The summed E-state index contributed by atoms with van der Waals surface area (Å²) < 4.78 is 23.5. The van der Waals surface area contributed by atoms with Gasteiger partial charge in [0.15, 0.2) is 6.10 Å². The van der Waals surface area contributed by atoms with Crippen LogP contribution >= 0.6 is 0 Å². The predicted molar refractivity (Wildman–Crippen MR) is 280 cm³/mol. The van der Waals surface area contributed by atoms with Crippen molar-refractivity contribution < 1.29 is 38.4 Å². The molecule has 1 heterocycles. The van der Waals surface area contributed by atoms with Crippen molar-refractivity contribution in [2.75, 3.05) is 6.61 Å². The van der Waals surface area contributed by atoms with Gasteiger partial charge in [-0.3, -0.25) is 14.4 Å². The normalized spacial score (nSPS) is 17.4. The van der Waals surface area contributed by atoms with Gasteiger partial charge in [-0.25, -0.2) is 0 Å². The van der Waals surface area contributed by atoms with Crippen LogP contribution in [0.3, 0.4) is 0 Å². The summed E-state index contributed by atoms with van der Waals surface area (Å²) in [5, 5.41) is 10.3. The summed E-state index contributed by atoms with van der Waals surface area (Å²) in [6, 6.07) is 0. The van der Waals surface area contributed by atoms with Crippen molar-refractivity contribution in [3.05, 3.63) is 36.5 Å². The number of esters is 3. The Morgan fingerprint density at radius 3 is 0.910 bits per heavy atom. The van der Waals surface area contributed by atoms with Crippen LogP contribution in [0, 0.1) is 0 Å². The molecule has 67 heavy (non-hydrogen) atoms. The lowest BCUT2D eigenvalue weighted by Gasteiger charge is -2.24. The molecule has 0 saturated carbocycles. The molecule has 1 N–H and O–H groups in total. The summed E-state index contributed by atoms with van der Waals surface area (Å²) in [7, 11) is 0. The van der Waals surface area contributed by atoms with Gasteiger partial charge in [0.2, 0.25) is 12.4 Å². The Balaban J connectivity index is 2.52. The Morgan fingerprint density at radius 2 is 0.612 bits per heavy atom. The van der Waals surface area contributed by atoms with Crippen LogP contribution in [0.5, 0.6) is 0 Å². The summed E-state index contributed by atoms with van der Waals surface area (Å²) in [4.78, 5) is 39.4. The first-order chi connectivity index (χ1) is 33.0. The fourth-order valence-electron chi connectivity index (χ4n) is 8.83. The molecule has 8 nitrogen and oxygen atoms in total. The quantitative estimate of drug-likeness (QED) is 0.0278. The molecule has 1 unspecified atom stereocenters. The van der Waals surface area contributed by atoms with E-state index in [-0.39, 0.29) is 19.3 Å². The number of aliphatic hydroxyl groups is 1. The SMILES string of the molecule is CCCCCCCC/C=C\CCCCCCCC(=O)OC1[C@H](OC(=O)CCCCCCC/C=C\CCCCCCCC)O[C@H](CO)[C@@H]1OC(=O)CCCCCCC/C=C\CCCCCCCC. The minimum atomic E-state index is -1.25. The van der Waals surface area contributed by atoms with Crippen molar-refractivity contribution in [3.63, 3.8) is 0 Å². The van der Waals surface area contributed by atoms with E-state index in [1.54, 1.807) is 0 Å². The molecule has 0 bridgehead atoms. The van der Waals surface area contributed by atoms with E-state index in [9.17, 15) is 19.5 Å². The molecule has 1 fully saturated rings. The summed E-state index contributed by atoms with van der Waals surface area (Å²) >= 11 is 0. The highest BCUT2D eigenvalue weighted by atomic mass is 16.7. The Kier molecular flexibility index (Phi) is 45.4. The number of rotatable bonds is 49. The number of allylic oxidation sites excluding steroid dienone is 6. The second-order valence-corrected chi connectivity index (χ2v) is 19.6. The molecular weight excluding hydrogens is 837 g/mol. The molecule has 0 aromatic heterocycles. The van der Waals surface area contributed by atoms with Crippen molar-refractivity contribution in [3.8, 4) is 0 Å². The molecule has 1 saturated heterocycles. The zero-order chi connectivity index (χ0) is 48.5. The molecule has 8 heteroatoms. The Morgan fingerprint density at radius 1 is 0.358 bits per heavy atom. The number of unbranched alkanes of at least 4 members (excludes halogenated alkanes) is 33. The van der Waals surface area contributed by atoms with Crippen molar-refractivity contribution in [1.29, 1.82) is 0 Å². The Labute approximate surface area is 413 Å². The van der Waals surface area contributed by atoms with E-state index in [2.05, 4.69) is 57.2 Å². The number of carbonyl (C=O) groups is 3. The first-order valence-corrected chi connectivity index (χ1v) is 28.8. The highest BCUT2D eigenvalue weighted by Gasteiger charge is 2.51. The molecule has 1 rings (SSSR count). The first-order valence-electron chi connectivity index (χ1n) is 28.8. The molecule has 390 valence electrons. The molecule has 0 amide bonds. The lowest BCUT2D eigenvalue weighted by atomic mass is 10.1. The first kappa shape index (κ1) is 62.6.